The molecule has 0 bridgehead atoms. The van der Waals surface area contributed by atoms with E-state index in [4.69, 9.17) is 0 Å². The number of hydrogen-bond donors (Lipinski definition) is 0. The van der Waals surface area contributed by atoms with Crippen LogP contribution in [0.25, 0.3) is 0 Å². The van der Waals surface area contributed by atoms with Crippen LogP contribution in [0.15, 0.2) is 24.3 Å². The Morgan fingerprint density at radius 1 is 1.11 bits per heavy atom. The van der Waals surface area contributed by atoms with Gasteiger partial charge >= 0.3 is 0 Å². The van der Waals surface area contributed by atoms with Gasteiger partial charge in [-0.2, -0.15) is 0 Å². The molecule has 0 spiro atoms. The summed E-state index contributed by atoms with van der Waals surface area (Å²) < 4.78 is 1.05. The number of rotatable bonds is 4. The average molecular weight is 261 g/mol. The lowest BCUT2D eigenvalue weighted by Gasteiger charge is -2.19. The van der Waals surface area contributed by atoms with Crippen molar-refractivity contribution >= 4 is 6.21 Å². The van der Waals surface area contributed by atoms with E-state index in [9.17, 15) is 5.21 Å². The molecule has 0 aliphatic heterocycles. The molecule has 1 unspecified atom stereocenters. The fraction of sp³-hybridized carbons (Fsp3) is 0.588. The van der Waals surface area contributed by atoms with Crippen molar-refractivity contribution in [3.8, 4) is 0 Å². The van der Waals surface area contributed by atoms with Gasteiger partial charge in [-0.3, -0.25) is 0 Å². The fourth-order valence-corrected chi connectivity index (χ4v) is 1.99. The molecule has 106 valence electrons. The van der Waals surface area contributed by atoms with E-state index in [-0.39, 0.29) is 17.4 Å². The van der Waals surface area contributed by atoms with Gasteiger partial charge < -0.3 is 5.21 Å². The van der Waals surface area contributed by atoms with E-state index in [1.54, 1.807) is 6.21 Å². The molecule has 1 aromatic rings. The molecule has 0 heterocycles. The minimum absolute atomic E-state index is 0.0192. The first-order valence-corrected chi connectivity index (χ1v) is 7.10. The van der Waals surface area contributed by atoms with Crippen molar-refractivity contribution in [2.75, 3.05) is 0 Å². The second-order valence-electron chi connectivity index (χ2n) is 6.73. The third-order valence-corrected chi connectivity index (χ3v) is 3.29. The minimum atomic E-state index is 0.0192. The van der Waals surface area contributed by atoms with Crippen molar-refractivity contribution in [1.82, 2.24) is 0 Å². The first-order chi connectivity index (χ1) is 8.70. The van der Waals surface area contributed by atoms with Crippen molar-refractivity contribution in [3.05, 3.63) is 40.6 Å². The molecule has 2 nitrogen and oxygen atoms in total. The molecule has 2 heteroatoms. The van der Waals surface area contributed by atoms with E-state index >= 15 is 0 Å². The number of hydrogen-bond acceptors (Lipinski definition) is 1. The van der Waals surface area contributed by atoms with E-state index < -0.39 is 0 Å². The van der Waals surface area contributed by atoms with Gasteiger partial charge in [-0.1, -0.05) is 52.0 Å². The van der Waals surface area contributed by atoms with E-state index in [1.807, 2.05) is 13.8 Å². The molecule has 1 rings (SSSR count). The van der Waals surface area contributed by atoms with Crippen LogP contribution in [0, 0.1) is 11.1 Å². The number of hydroxylamine groups is 1. The highest BCUT2D eigenvalue weighted by molar-refractivity contribution is 5.55. The molecule has 19 heavy (non-hydrogen) atoms. The van der Waals surface area contributed by atoms with Gasteiger partial charge in [0, 0.05) is 5.92 Å². The topological polar surface area (TPSA) is 26.1 Å². The monoisotopic (exact) mass is 261 g/mol. The van der Waals surface area contributed by atoms with Crippen molar-refractivity contribution in [3.63, 3.8) is 0 Å². The Labute approximate surface area is 117 Å². The normalized spacial score (nSPS) is 14.8. The zero-order valence-electron chi connectivity index (χ0n) is 13.1. The molecule has 0 N–H and O–H groups in total. The summed E-state index contributed by atoms with van der Waals surface area (Å²) in [4.78, 5) is 0. The quantitative estimate of drug-likeness (QED) is 0.346. The van der Waals surface area contributed by atoms with Crippen LogP contribution in [-0.2, 0) is 11.8 Å². The van der Waals surface area contributed by atoms with Crippen LogP contribution in [0.4, 0.5) is 0 Å². The summed E-state index contributed by atoms with van der Waals surface area (Å²) >= 11 is 0. The van der Waals surface area contributed by atoms with Gasteiger partial charge in [0.25, 0.3) is 0 Å². The fourth-order valence-electron chi connectivity index (χ4n) is 1.99. The summed E-state index contributed by atoms with van der Waals surface area (Å²) in [6.45, 7) is 12.6. The molecule has 0 aliphatic carbocycles. The lowest BCUT2D eigenvalue weighted by molar-refractivity contribution is -0.489. The summed E-state index contributed by atoms with van der Waals surface area (Å²) in [6, 6.07) is 8.76. The predicted molar refractivity (Wildman–Crippen MR) is 82.8 cm³/mol. The SMILES string of the molecule is CC(C=[N+]([O-])C(C)C)Cc1ccc(C(C)(C)C)cc1. The van der Waals surface area contributed by atoms with Crippen LogP contribution < -0.4 is 0 Å². The molecule has 0 fully saturated rings. The molecule has 0 aliphatic rings. The maximum atomic E-state index is 11.6. The molecule has 0 radical (unpaired) electrons. The maximum Gasteiger partial charge on any atom is 0.157 e. The lowest BCUT2D eigenvalue weighted by Crippen LogP contribution is -2.19. The minimum Gasteiger partial charge on any atom is -0.624 e. The van der Waals surface area contributed by atoms with Crippen molar-refractivity contribution in [2.45, 2.75) is 59.4 Å². The summed E-state index contributed by atoms with van der Waals surface area (Å²) in [5.74, 6) is 0.264. The Balaban J connectivity index is 2.71. The molecule has 0 aromatic heterocycles. The smallest absolute Gasteiger partial charge is 0.157 e. The Bertz CT molecular complexity index is 424. The summed E-state index contributed by atoms with van der Waals surface area (Å²) in [5.41, 5.74) is 2.83. The van der Waals surface area contributed by atoms with Gasteiger partial charge in [-0.25, -0.2) is 4.74 Å². The zero-order chi connectivity index (χ0) is 14.6. The van der Waals surface area contributed by atoms with Crippen LogP contribution in [0.2, 0.25) is 0 Å². The Morgan fingerprint density at radius 2 is 1.63 bits per heavy atom. The molecule has 0 saturated carbocycles. The molecular formula is C17H27NO. The highest BCUT2D eigenvalue weighted by atomic mass is 16.5. The second-order valence-corrected chi connectivity index (χ2v) is 6.73. The standard InChI is InChI=1S/C17H27NO/c1-13(2)18(19)12-14(3)11-15-7-9-16(10-8-15)17(4,5)6/h7-10,12-14H,11H2,1-6H3. The van der Waals surface area contributed by atoms with Gasteiger partial charge in [0.05, 0.1) is 0 Å². The van der Waals surface area contributed by atoms with Gasteiger partial charge in [-0.05, 0) is 36.8 Å². The predicted octanol–water partition coefficient (Wildman–Crippen LogP) is 4.15. The second kappa shape index (κ2) is 6.23. The third-order valence-electron chi connectivity index (χ3n) is 3.29. The summed E-state index contributed by atoms with van der Waals surface area (Å²) in [6.07, 6.45) is 2.69. The maximum absolute atomic E-state index is 11.6. The van der Waals surface area contributed by atoms with Crippen LogP contribution in [0.1, 0.15) is 52.7 Å². The Kier molecular flexibility index (Phi) is 5.16. The lowest BCUT2D eigenvalue weighted by atomic mass is 9.86. The molecule has 1 aromatic carbocycles. The van der Waals surface area contributed by atoms with Crippen molar-refractivity contribution in [2.24, 2.45) is 5.92 Å². The van der Waals surface area contributed by atoms with Gasteiger partial charge in [0.1, 0.15) is 0 Å². The van der Waals surface area contributed by atoms with E-state index in [1.165, 1.54) is 11.1 Å². The van der Waals surface area contributed by atoms with Crippen molar-refractivity contribution in [1.29, 1.82) is 0 Å². The van der Waals surface area contributed by atoms with Crippen LogP contribution in [0.5, 0.6) is 0 Å². The number of nitrogens with zero attached hydrogens (tertiary/aromatic N) is 1. The number of benzene rings is 1. The molecular weight excluding hydrogens is 234 g/mol. The van der Waals surface area contributed by atoms with Crippen LogP contribution in [0.3, 0.4) is 0 Å². The first kappa shape index (κ1) is 15.7. The largest absolute Gasteiger partial charge is 0.624 e. The average Bonchev–Trinajstić information content (AvgIpc) is 2.28. The van der Waals surface area contributed by atoms with Gasteiger partial charge in [-0.15, -0.1) is 0 Å². The molecule has 1 atom stereocenters. The van der Waals surface area contributed by atoms with E-state index in [0.29, 0.717) is 0 Å². The zero-order valence-corrected chi connectivity index (χ0v) is 13.1. The van der Waals surface area contributed by atoms with Crippen molar-refractivity contribution < 1.29 is 4.74 Å². The molecule has 0 saturated heterocycles. The first-order valence-electron chi connectivity index (χ1n) is 7.10. The van der Waals surface area contributed by atoms with E-state index in [2.05, 4.69) is 52.0 Å². The Morgan fingerprint density at radius 3 is 2.05 bits per heavy atom. The highest BCUT2D eigenvalue weighted by Gasteiger charge is 2.13. The van der Waals surface area contributed by atoms with Crippen LogP contribution >= 0.6 is 0 Å². The van der Waals surface area contributed by atoms with Gasteiger partial charge in [0.15, 0.2) is 12.3 Å². The molecule has 0 amide bonds. The summed E-state index contributed by atoms with van der Waals surface area (Å²) in [7, 11) is 0. The third kappa shape index (κ3) is 5.06. The summed E-state index contributed by atoms with van der Waals surface area (Å²) in [5, 5.41) is 11.6. The van der Waals surface area contributed by atoms with Crippen LogP contribution in [-0.4, -0.2) is 17.0 Å². The van der Waals surface area contributed by atoms with E-state index in [0.717, 1.165) is 11.2 Å². The Hall–Kier alpha value is -1.31. The highest BCUT2D eigenvalue weighted by Crippen LogP contribution is 2.22. The van der Waals surface area contributed by atoms with Gasteiger partial charge in [0.2, 0.25) is 0 Å².